The average Bonchev–Trinajstić information content (AvgIpc) is 3.37. The van der Waals surface area contributed by atoms with Gasteiger partial charge in [0.1, 0.15) is 11.6 Å². The summed E-state index contributed by atoms with van der Waals surface area (Å²) in [6.07, 6.45) is -4.51. The molecular formula is C20H12F6N4O. The van der Waals surface area contributed by atoms with Gasteiger partial charge in [-0.1, -0.05) is 12.1 Å². The van der Waals surface area contributed by atoms with Crippen molar-refractivity contribution in [1.29, 1.82) is 0 Å². The van der Waals surface area contributed by atoms with Gasteiger partial charge in [-0.25, -0.2) is 9.37 Å². The molecule has 0 unspecified atom stereocenters. The molecule has 0 bridgehead atoms. The van der Waals surface area contributed by atoms with Gasteiger partial charge in [-0.3, -0.25) is 0 Å². The highest BCUT2D eigenvalue weighted by atomic mass is 19.4. The van der Waals surface area contributed by atoms with Crippen molar-refractivity contribution in [2.75, 3.05) is 0 Å². The van der Waals surface area contributed by atoms with Crippen molar-refractivity contribution >= 4 is 0 Å². The van der Waals surface area contributed by atoms with Crippen LogP contribution < -0.4 is 0 Å². The second kappa shape index (κ2) is 7.89. The summed E-state index contributed by atoms with van der Waals surface area (Å²) in [5.74, 6) is -1.65. The minimum atomic E-state index is -4.48. The van der Waals surface area contributed by atoms with E-state index in [0.29, 0.717) is 5.56 Å². The van der Waals surface area contributed by atoms with Gasteiger partial charge in [0.15, 0.2) is 0 Å². The molecule has 2 aromatic carbocycles. The van der Waals surface area contributed by atoms with Crippen LogP contribution in [-0.4, -0.2) is 19.7 Å². The average molecular weight is 438 g/mol. The molecule has 5 nitrogen and oxygen atoms in total. The van der Waals surface area contributed by atoms with Crippen molar-refractivity contribution in [3.8, 4) is 22.8 Å². The van der Waals surface area contributed by atoms with Crippen LogP contribution in [0, 0.1) is 5.82 Å². The smallest absolute Gasteiger partial charge is 0.415 e. The zero-order chi connectivity index (χ0) is 22.2. The van der Waals surface area contributed by atoms with Gasteiger partial charge in [-0.15, -0.1) is 10.2 Å². The Morgan fingerprint density at radius 3 is 2.48 bits per heavy atom. The Balaban J connectivity index is 1.68. The van der Waals surface area contributed by atoms with Gasteiger partial charge < -0.3 is 8.98 Å². The first kappa shape index (κ1) is 20.6. The largest absolute Gasteiger partial charge is 0.416 e. The molecule has 2 aromatic heterocycles. The SMILES string of the molecule is Fc1cc(-c2nnc(C(F)F)o2)cc(-c2nccn2Cc2cccc(C(F)(F)F)c2)c1. The molecule has 4 rings (SSSR count). The van der Waals surface area contributed by atoms with E-state index in [9.17, 15) is 26.3 Å². The third-order valence-electron chi connectivity index (χ3n) is 4.35. The molecule has 0 radical (unpaired) electrons. The molecule has 0 spiro atoms. The summed E-state index contributed by atoms with van der Waals surface area (Å²) in [5.41, 5.74) is -0.109. The zero-order valence-corrected chi connectivity index (χ0v) is 15.4. The van der Waals surface area contributed by atoms with Crippen LogP contribution >= 0.6 is 0 Å². The second-order valence-electron chi connectivity index (χ2n) is 6.55. The number of aromatic nitrogens is 4. The highest BCUT2D eigenvalue weighted by molar-refractivity contribution is 5.65. The van der Waals surface area contributed by atoms with Gasteiger partial charge in [0.2, 0.25) is 5.89 Å². The van der Waals surface area contributed by atoms with E-state index in [1.807, 2.05) is 0 Å². The lowest BCUT2D eigenvalue weighted by Gasteiger charge is -2.11. The van der Waals surface area contributed by atoms with Gasteiger partial charge >= 0.3 is 12.6 Å². The number of alkyl halides is 5. The predicted octanol–water partition coefficient (Wildman–Crippen LogP) is 5.74. The summed E-state index contributed by atoms with van der Waals surface area (Å²) >= 11 is 0. The maximum atomic E-state index is 14.2. The molecule has 0 amide bonds. The Labute approximate surface area is 171 Å². The lowest BCUT2D eigenvalue weighted by Crippen LogP contribution is -2.07. The molecule has 31 heavy (non-hydrogen) atoms. The third kappa shape index (κ3) is 4.44. The van der Waals surface area contributed by atoms with Crippen molar-refractivity contribution in [2.24, 2.45) is 0 Å². The first-order valence-electron chi connectivity index (χ1n) is 8.81. The maximum absolute atomic E-state index is 14.2. The normalized spacial score (nSPS) is 12.0. The van der Waals surface area contributed by atoms with Crippen LogP contribution in [0.4, 0.5) is 26.3 Å². The molecule has 0 fully saturated rings. The van der Waals surface area contributed by atoms with Crippen LogP contribution in [-0.2, 0) is 12.7 Å². The van der Waals surface area contributed by atoms with Crippen LogP contribution in [0.1, 0.15) is 23.4 Å². The van der Waals surface area contributed by atoms with E-state index in [0.717, 1.165) is 24.3 Å². The fraction of sp³-hybridized carbons (Fsp3) is 0.150. The number of hydrogen-bond acceptors (Lipinski definition) is 4. The number of nitrogens with zero attached hydrogens (tertiary/aromatic N) is 4. The molecule has 11 heteroatoms. The Morgan fingerprint density at radius 2 is 1.77 bits per heavy atom. The topological polar surface area (TPSA) is 56.7 Å². The molecular weight excluding hydrogens is 426 g/mol. The van der Waals surface area contributed by atoms with Gasteiger partial charge in [0.05, 0.1) is 5.56 Å². The summed E-state index contributed by atoms with van der Waals surface area (Å²) in [6, 6.07) is 8.41. The highest BCUT2D eigenvalue weighted by Gasteiger charge is 2.30. The van der Waals surface area contributed by atoms with E-state index in [1.54, 1.807) is 0 Å². The molecule has 2 heterocycles. The molecule has 0 aliphatic rings. The highest BCUT2D eigenvalue weighted by Crippen LogP contribution is 2.31. The molecule has 160 valence electrons. The van der Waals surface area contributed by atoms with Crippen LogP contribution in [0.15, 0.2) is 59.3 Å². The van der Waals surface area contributed by atoms with Gasteiger partial charge in [0, 0.05) is 30.1 Å². The lowest BCUT2D eigenvalue weighted by molar-refractivity contribution is -0.137. The Kier molecular flexibility index (Phi) is 5.25. The fourth-order valence-electron chi connectivity index (χ4n) is 3.02. The molecule has 4 aromatic rings. The molecule has 0 aliphatic heterocycles. The lowest BCUT2D eigenvalue weighted by atomic mass is 10.1. The number of halogens is 6. The molecule has 0 aliphatic carbocycles. The predicted molar refractivity (Wildman–Crippen MR) is 96.4 cm³/mol. The first-order valence-corrected chi connectivity index (χ1v) is 8.81. The monoisotopic (exact) mass is 438 g/mol. The van der Waals surface area contributed by atoms with E-state index in [1.165, 1.54) is 35.2 Å². The summed E-state index contributed by atoms with van der Waals surface area (Å²) < 4.78 is 84.9. The summed E-state index contributed by atoms with van der Waals surface area (Å²) in [4.78, 5) is 4.15. The molecule has 0 saturated carbocycles. The van der Waals surface area contributed by atoms with E-state index in [-0.39, 0.29) is 29.4 Å². The van der Waals surface area contributed by atoms with Gasteiger partial charge in [0.25, 0.3) is 5.89 Å². The maximum Gasteiger partial charge on any atom is 0.416 e. The van der Waals surface area contributed by atoms with Crippen molar-refractivity contribution < 1.29 is 30.8 Å². The molecule has 0 saturated heterocycles. The summed E-state index contributed by atoms with van der Waals surface area (Å²) in [6.45, 7) is 0.0428. The van der Waals surface area contributed by atoms with Crippen molar-refractivity contribution in [3.05, 3.63) is 77.7 Å². The summed E-state index contributed by atoms with van der Waals surface area (Å²) in [7, 11) is 0. The Hall–Kier alpha value is -3.63. The van der Waals surface area contributed by atoms with E-state index < -0.39 is 29.9 Å². The minimum absolute atomic E-state index is 0.0428. The van der Waals surface area contributed by atoms with Gasteiger partial charge in [-0.05, 0) is 35.9 Å². The Bertz CT molecular complexity index is 1210. The first-order chi connectivity index (χ1) is 14.7. The quantitative estimate of drug-likeness (QED) is 0.373. The zero-order valence-electron chi connectivity index (χ0n) is 15.4. The summed E-state index contributed by atoms with van der Waals surface area (Å²) in [5, 5.41) is 6.71. The fourth-order valence-corrected chi connectivity index (χ4v) is 3.02. The van der Waals surface area contributed by atoms with E-state index in [2.05, 4.69) is 15.2 Å². The number of rotatable bonds is 5. The van der Waals surface area contributed by atoms with Crippen LogP contribution in [0.5, 0.6) is 0 Å². The van der Waals surface area contributed by atoms with Crippen LogP contribution in [0.2, 0.25) is 0 Å². The standard InChI is InChI=1S/C20H12F6N4O/c21-15-8-12(7-13(9-15)18-28-29-19(31-18)16(22)23)17-27-4-5-30(17)10-11-2-1-3-14(6-11)20(24,25)26/h1-9,16H,10H2. The van der Waals surface area contributed by atoms with E-state index in [4.69, 9.17) is 4.42 Å². The molecule has 0 atom stereocenters. The van der Waals surface area contributed by atoms with Crippen molar-refractivity contribution in [3.63, 3.8) is 0 Å². The van der Waals surface area contributed by atoms with Crippen LogP contribution in [0.3, 0.4) is 0 Å². The van der Waals surface area contributed by atoms with E-state index >= 15 is 0 Å². The number of imidazole rings is 1. The third-order valence-corrected chi connectivity index (χ3v) is 4.35. The van der Waals surface area contributed by atoms with Crippen molar-refractivity contribution in [2.45, 2.75) is 19.1 Å². The Morgan fingerprint density at radius 1 is 1.00 bits per heavy atom. The number of benzene rings is 2. The minimum Gasteiger partial charge on any atom is -0.415 e. The second-order valence-corrected chi connectivity index (χ2v) is 6.55. The van der Waals surface area contributed by atoms with Crippen molar-refractivity contribution in [1.82, 2.24) is 19.7 Å². The van der Waals surface area contributed by atoms with Gasteiger partial charge in [-0.2, -0.15) is 22.0 Å². The number of hydrogen-bond donors (Lipinski definition) is 0. The van der Waals surface area contributed by atoms with Crippen LogP contribution in [0.25, 0.3) is 22.8 Å². The molecule has 0 N–H and O–H groups in total.